The fraction of sp³-hybridized carbons (Fsp3) is 0.750. The van der Waals surface area contributed by atoms with Gasteiger partial charge in [0.1, 0.15) is 0 Å². The maximum atomic E-state index is 6.21. The highest BCUT2D eigenvalue weighted by Gasteiger charge is 2.20. The van der Waals surface area contributed by atoms with Gasteiger partial charge in [0.15, 0.2) is 0 Å². The molecule has 0 aliphatic heterocycles. The second-order valence-electron chi connectivity index (χ2n) is 5.12. The summed E-state index contributed by atoms with van der Waals surface area (Å²) in [5.41, 5.74) is 7.11. The minimum Gasteiger partial charge on any atom is -0.383 e. The SMILES string of the molecule is COCCn1ncc(Cl)c1C(N)CSC(C)(C)C. The summed E-state index contributed by atoms with van der Waals surface area (Å²) in [5.74, 6) is 0.821. The minimum absolute atomic E-state index is 0.110. The summed E-state index contributed by atoms with van der Waals surface area (Å²) in [4.78, 5) is 0. The highest BCUT2D eigenvalue weighted by molar-refractivity contribution is 8.00. The maximum absolute atomic E-state index is 6.21. The number of hydrogen-bond donors (Lipinski definition) is 1. The van der Waals surface area contributed by atoms with E-state index >= 15 is 0 Å². The van der Waals surface area contributed by atoms with Crippen LogP contribution in [0.15, 0.2) is 6.20 Å². The van der Waals surface area contributed by atoms with Crippen LogP contribution < -0.4 is 5.73 Å². The van der Waals surface area contributed by atoms with Crippen LogP contribution in [-0.4, -0.2) is 34.0 Å². The Bertz CT molecular complexity index is 376. The summed E-state index contributed by atoms with van der Waals surface area (Å²) in [7, 11) is 1.67. The van der Waals surface area contributed by atoms with Gasteiger partial charge < -0.3 is 10.5 Å². The van der Waals surface area contributed by atoms with Gasteiger partial charge in [-0.25, -0.2) is 0 Å². The summed E-state index contributed by atoms with van der Waals surface area (Å²) in [6, 6.07) is -0.110. The van der Waals surface area contributed by atoms with Crippen LogP contribution >= 0.6 is 23.4 Å². The summed E-state index contributed by atoms with van der Waals surface area (Å²) in [5, 5.41) is 4.87. The summed E-state index contributed by atoms with van der Waals surface area (Å²) < 4.78 is 7.08. The van der Waals surface area contributed by atoms with Crippen LogP contribution in [0, 0.1) is 0 Å². The zero-order chi connectivity index (χ0) is 13.8. The van der Waals surface area contributed by atoms with Crippen molar-refractivity contribution in [2.75, 3.05) is 19.5 Å². The van der Waals surface area contributed by atoms with Crippen LogP contribution in [0.2, 0.25) is 5.02 Å². The van der Waals surface area contributed by atoms with Gasteiger partial charge >= 0.3 is 0 Å². The minimum atomic E-state index is -0.110. The lowest BCUT2D eigenvalue weighted by Gasteiger charge is -2.21. The molecule has 0 bridgehead atoms. The molecule has 1 heterocycles. The van der Waals surface area contributed by atoms with E-state index in [2.05, 4.69) is 25.9 Å². The highest BCUT2D eigenvalue weighted by Crippen LogP contribution is 2.29. The lowest BCUT2D eigenvalue weighted by atomic mass is 10.2. The number of rotatable bonds is 6. The van der Waals surface area contributed by atoms with Crippen molar-refractivity contribution in [3.63, 3.8) is 0 Å². The van der Waals surface area contributed by atoms with Crippen molar-refractivity contribution >= 4 is 23.4 Å². The first kappa shape index (κ1) is 15.8. The number of hydrogen-bond acceptors (Lipinski definition) is 4. The molecule has 0 amide bonds. The zero-order valence-corrected chi connectivity index (χ0v) is 13.0. The van der Waals surface area contributed by atoms with Crippen LogP contribution in [-0.2, 0) is 11.3 Å². The molecule has 6 heteroatoms. The van der Waals surface area contributed by atoms with E-state index in [4.69, 9.17) is 22.1 Å². The van der Waals surface area contributed by atoms with Gasteiger partial charge in [-0.1, -0.05) is 32.4 Å². The first-order valence-corrected chi connectivity index (χ1v) is 7.31. The van der Waals surface area contributed by atoms with Crippen LogP contribution in [0.3, 0.4) is 0 Å². The number of aromatic nitrogens is 2. The number of ether oxygens (including phenoxy) is 1. The van der Waals surface area contributed by atoms with E-state index in [1.807, 2.05) is 16.4 Å². The average Bonchev–Trinajstić information content (AvgIpc) is 2.64. The standard InChI is InChI=1S/C12H22ClN3OS/c1-12(2,3)18-8-10(14)11-9(13)7-15-16(11)5-6-17-4/h7,10H,5-6,8,14H2,1-4H3. The van der Waals surface area contributed by atoms with Crippen molar-refractivity contribution in [3.05, 3.63) is 16.9 Å². The van der Waals surface area contributed by atoms with Gasteiger partial charge in [-0.3, -0.25) is 4.68 Å². The third-order valence-electron chi connectivity index (χ3n) is 2.39. The predicted octanol–water partition coefficient (Wildman–Crippen LogP) is 2.71. The normalized spacial score (nSPS) is 13.9. The molecule has 0 fully saturated rings. The molecule has 0 aliphatic carbocycles. The Morgan fingerprint density at radius 3 is 2.78 bits per heavy atom. The number of nitrogens with two attached hydrogens (primary N) is 1. The summed E-state index contributed by atoms with van der Waals surface area (Å²) in [6.07, 6.45) is 1.65. The van der Waals surface area contributed by atoms with Gasteiger partial charge in [-0.2, -0.15) is 16.9 Å². The van der Waals surface area contributed by atoms with E-state index in [1.165, 1.54) is 0 Å². The Hall–Kier alpha value is -0.230. The quantitative estimate of drug-likeness (QED) is 0.875. The smallest absolute Gasteiger partial charge is 0.0834 e. The van der Waals surface area contributed by atoms with Crippen molar-refractivity contribution in [2.24, 2.45) is 5.73 Å². The molecule has 104 valence electrons. The van der Waals surface area contributed by atoms with Crippen molar-refractivity contribution < 1.29 is 4.74 Å². The second-order valence-corrected chi connectivity index (χ2v) is 7.38. The third kappa shape index (κ3) is 4.80. The van der Waals surface area contributed by atoms with Gasteiger partial charge in [0.05, 0.1) is 36.1 Å². The molecule has 2 N–H and O–H groups in total. The van der Waals surface area contributed by atoms with E-state index in [9.17, 15) is 0 Å². The average molecular weight is 292 g/mol. The van der Waals surface area contributed by atoms with Crippen molar-refractivity contribution in [3.8, 4) is 0 Å². The maximum Gasteiger partial charge on any atom is 0.0834 e. The second kappa shape index (κ2) is 6.80. The van der Waals surface area contributed by atoms with Crippen LogP contribution in [0.1, 0.15) is 32.5 Å². The number of methoxy groups -OCH3 is 1. The molecule has 0 saturated heterocycles. The van der Waals surface area contributed by atoms with Crippen LogP contribution in [0.25, 0.3) is 0 Å². The van der Waals surface area contributed by atoms with E-state index in [1.54, 1.807) is 13.3 Å². The molecular formula is C12H22ClN3OS. The Balaban J connectivity index is 2.71. The monoisotopic (exact) mass is 291 g/mol. The van der Waals surface area contributed by atoms with E-state index in [0.29, 0.717) is 18.2 Å². The Morgan fingerprint density at radius 1 is 1.56 bits per heavy atom. The molecule has 1 aromatic heterocycles. The molecule has 0 aromatic carbocycles. The lowest BCUT2D eigenvalue weighted by molar-refractivity contribution is 0.182. The van der Waals surface area contributed by atoms with Gasteiger partial charge in [-0.05, 0) is 0 Å². The van der Waals surface area contributed by atoms with Crippen molar-refractivity contribution in [1.29, 1.82) is 0 Å². The van der Waals surface area contributed by atoms with Crippen molar-refractivity contribution in [1.82, 2.24) is 9.78 Å². The summed E-state index contributed by atoms with van der Waals surface area (Å²) in [6.45, 7) is 7.80. The van der Waals surface area contributed by atoms with Crippen LogP contribution in [0.5, 0.6) is 0 Å². The Morgan fingerprint density at radius 2 is 2.22 bits per heavy atom. The molecule has 0 radical (unpaired) electrons. The number of nitrogens with zero attached hydrogens (tertiary/aromatic N) is 2. The van der Waals surface area contributed by atoms with E-state index in [0.717, 1.165) is 11.4 Å². The van der Waals surface area contributed by atoms with E-state index in [-0.39, 0.29) is 10.8 Å². The molecule has 0 saturated carbocycles. The van der Waals surface area contributed by atoms with Gasteiger partial charge in [0.2, 0.25) is 0 Å². The predicted molar refractivity (Wildman–Crippen MR) is 78.3 cm³/mol. The molecule has 1 atom stereocenters. The zero-order valence-electron chi connectivity index (χ0n) is 11.4. The largest absolute Gasteiger partial charge is 0.383 e. The number of halogens is 1. The van der Waals surface area contributed by atoms with Crippen molar-refractivity contribution in [2.45, 2.75) is 38.1 Å². The Labute approximate surface area is 118 Å². The molecule has 1 aromatic rings. The van der Waals surface area contributed by atoms with E-state index < -0.39 is 0 Å². The first-order valence-electron chi connectivity index (χ1n) is 5.95. The lowest BCUT2D eigenvalue weighted by Crippen LogP contribution is -2.22. The Kier molecular flexibility index (Phi) is 5.98. The van der Waals surface area contributed by atoms with Gasteiger partial charge in [-0.15, -0.1) is 0 Å². The fourth-order valence-electron chi connectivity index (χ4n) is 1.52. The number of thioether (sulfide) groups is 1. The van der Waals surface area contributed by atoms with Crippen LogP contribution in [0.4, 0.5) is 0 Å². The molecule has 1 unspecified atom stereocenters. The molecule has 1 rings (SSSR count). The molecule has 0 spiro atoms. The molecule has 18 heavy (non-hydrogen) atoms. The highest BCUT2D eigenvalue weighted by atomic mass is 35.5. The molecule has 0 aliphatic rings. The summed E-state index contributed by atoms with van der Waals surface area (Å²) >= 11 is 7.98. The third-order valence-corrected chi connectivity index (χ3v) is 4.07. The van der Waals surface area contributed by atoms with Gasteiger partial charge in [0, 0.05) is 17.6 Å². The van der Waals surface area contributed by atoms with Gasteiger partial charge in [0.25, 0.3) is 0 Å². The molecule has 4 nitrogen and oxygen atoms in total. The topological polar surface area (TPSA) is 53.1 Å². The fourth-order valence-corrected chi connectivity index (χ4v) is 2.63. The first-order chi connectivity index (χ1) is 8.35. The molecular weight excluding hydrogens is 270 g/mol.